The first-order chi connectivity index (χ1) is 9.49. The van der Waals surface area contributed by atoms with Gasteiger partial charge in [0.05, 0.1) is 18.5 Å². The molecule has 0 unspecified atom stereocenters. The minimum atomic E-state index is -0.445. The third-order valence-corrected chi connectivity index (χ3v) is 3.42. The zero-order chi connectivity index (χ0) is 14.6. The van der Waals surface area contributed by atoms with Gasteiger partial charge in [-0.25, -0.2) is 4.79 Å². The van der Waals surface area contributed by atoms with Crippen molar-refractivity contribution >= 4 is 12.0 Å². The number of cyclic esters (lactones) is 1. The zero-order valence-corrected chi connectivity index (χ0v) is 11.9. The van der Waals surface area contributed by atoms with E-state index in [4.69, 9.17) is 4.74 Å². The largest absolute Gasteiger partial charge is 0.448 e. The highest BCUT2D eigenvalue weighted by molar-refractivity contribution is 5.78. The van der Waals surface area contributed by atoms with E-state index in [1.165, 1.54) is 0 Å². The molecule has 5 nitrogen and oxygen atoms in total. The predicted octanol–water partition coefficient (Wildman–Crippen LogP) is 1.58. The van der Waals surface area contributed by atoms with Crippen molar-refractivity contribution in [1.82, 2.24) is 10.2 Å². The van der Waals surface area contributed by atoms with Gasteiger partial charge in [0, 0.05) is 6.54 Å². The summed E-state index contributed by atoms with van der Waals surface area (Å²) >= 11 is 0. The Morgan fingerprint density at radius 3 is 2.65 bits per heavy atom. The van der Waals surface area contributed by atoms with Crippen LogP contribution in [0.25, 0.3) is 0 Å². The van der Waals surface area contributed by atoms with E-state index in [2.05, 4.69) is 5.32 Å². The lowest BCUT2D eigenvalue weighted by atomic mass is 10.0. The van der Waals surface area contributed by atoms with Crippen LogP contribution < -0.4 is 5.32 Å². The fraction of sp³-hybridized carbons (Fsp3) is 0.467. The van der Waals surface area contributed by atoms with Gasteiger partial charge >= 0.3 is 6.09 Å². The van der Waals surface area contributed by atoms with Crippen molar-refractivity contribution in [2.75, 3.05) is 19.7 Å². The Morgan fingerprint density at radius 1 is 1.35 bits per heavy atom. The van der Waals surface area contributed by atoms with Crippen LogP contribution in [0.4, 0.5) is 4.79 Å². The Morgan fingerprint density at radius 2 is 2.05 bits per heavy atom. The number of benzene rings is 1. The molecule has 1 saturated heterocycles. The molecule has 1 aliphatic rings. The molecule has 0 bridgehead atoms. The van der Waals surface area contributed by atoms with E-state index in [0.717, 1.165) is 5.56 Å². The van der Waals surface area contributed by atoms with E-state index in [9.17, 15) is 9.59 Å². The monoisotopic (exact) mass is 276 g/mol. The van der Waals surface area contributed by atoms with Crippen LogP contribution in [0, 0.1) is 0 Å². The van der Waals surface area contributed by atoms with Crippen LogP contribution in [-0.2, 0) is 16.0 Å². The molecule has 0 atom stereocenters. The molecule has 5 heteroatoms. The molecule has 1 heterocycles. The molecule has 0 aliphatic carbocycles. The highest BCUT2D eigenvalue weighted by Crippen LogP contribution is 2.18. The fourth-order valence-electron chi connectivity index (χ4n) is 2.20. The Balaban J connectivity index is 1.85. The quantitative estimate of drug-likeness (QED) is 0.888. The van der Waals surface area contributed by atoms with Crippen LogP contribution in [0.1, 0.15) is 19.4 Å². The minimum Gasteiger partial charge on any atom is -0.448 e. The summed E-state index contributed by atoms with van der Waals surface area (Å²) in [5.74, 6) is -0.0446. The van der Waals surface area contributed by atoms with Gasteiger partial charge in [0.25, 0.3) is 0 Å². The lowest BCUT2D eigenvalue weighted by molar-refractivity contribution is -0.120. The molecule has 0 spiro atoms. The Kier molecular flexibility index (Phi) is 4.27. The summed E-state index contributed by atoms with van der Waals surface area (Å²) in [6.07, 6.45) is 0.0359. The first kappa shape index (κ1) is 14.4. The number of hydrogen-bond donors (Lipinski definition) is 1. The van der Waals surface area contributed by atoms with E-state index in [1.54, 1.807) is 4.90 Å². The summed E-state index contributed by atoms with van der Waals surface area (Å²) in [4.78, 5) is 25.1. The summed E-state index contributed by atoms with van der Waals surface area (Å²) in [7, 11) is 0. The van der Waals surface area contributed by atoms with Gasteiger partial charge in [-0.1, -0.05) is 30.3 Å². The summed E-state index contributed by atoms with van der Waals surface area (Å²) in [5.41, 5.74) is 0.531. The molecule has 0 aromatic heterocycles. The number of nitrogens with zero attached hydrogens (tertiary/aromatic N) is 1. The van der Waals surface area contributed by atoms with Gasteiger partial charge in [-0.15, -0.1) is 0 Å². The molecule has 108 valence electrons. The molecule has 0 radical (unpaired) electrons. The summed E-state index contributed by atoms with van der Waals surface area (Å²) < 4.78 is 4.93. The number of hydrogen-bond acceptors (Lipinski definition) is 3. The number of carbonyl (C=O) groups excluding carboxylic acids is 2. The normalized spacial score (nSPS) is 15.1. The Labute approximate surface area is 118 Å². The minimum absolute atomic E-state index is 0.0446. The standard InChI is InChI=1S/C15H20N2O3/c1-15(2,17-8-9-20-14(17)19)11-16-13(18)10-12-6-4-3-5-7-12/h3-7H,8-11H2,1-2H3,(H,16,18). The van der Waals surface area contributed by atoms with E-state index in [-0.39, 0.29) is 12.0 Å². The van der Waals surface area contributed by atoms with Gasteiger partial charge in [-0.2, -0.15) is 0 Å². The first-order valence-corrected chi connectivity index (χ1v) is 6.74. The van der Waals surface area contributed by atoms with Crippen LogP contribution in [-0.4, -0.2) is 42.1 Å². The van der Waals surface area contributed by atoms with E-state index >= 15 is 0 Å². The second kappa shape index (κ2) is 5.94. The average Bonchev–Trinajstić information content (AvgIpc) is 2.85. The van der Waals surface area contributed by atoms with Gasteiger partial charge in [0.2, 0.25) is 5.91 Å². The van der Waals surface area contributed by atoms with Crippen LogP contribution >= 0.6 is 0 Å². The molecule has 2 rings (SSSR count). The maximum atomic E-state index is 11.9. The van der Waals surface area contributed by atoms with E-state index in [0.29, 0.717) is 26.1 Å². The zero-order valence-electron chi connectivity index (χ0n) is 11.9. The van der Waals surface area contributed by atoms with E-state index < -0.39 is 5.54 Å². The number of amides is 2. The SMILES string of the molecule is CC(C)(CNC(=O)Cc1ccccc1)N1CCOC1=O. The number of ether oxygens (including phenoxy) is 1. The van der Waals surface area contributed by atoms with Crippen molar-refractivity contribution in [3.05, 3.63) is 35.9 Å². The van der Waals surface area contributed by atoms with Crippen LogP contribution in [0.5, 0.6) is 0 Å². The maximum Gasteiger partial charge on any atom is 0.410 e. The highest BCUT2D eigenvalue weighted by Gasteiger charge is 2.35. The van der Waals surface area contributed by atoms with E-state index in [1.807, 2.05) is 44.2 Å². The average molecular weight is 276 g/mol. The van der Waals surface area contributed by atoms with Gasteiger partial charge < -0.3 is 10.1 Å². The molecule has 20 heavy (non-hydrogen) atoms. The Hall–Kier alpha value is -2.04. The lowest BCUT2D eigenvalue weighted by Crippen LogP contribution is -2.52. The summed E-state index contributed by atoms with van der Waals surface area (Å²) in [6, 6.07) is 9.58. The third kappa shape index (κ3) is 3.50. The Bertz CT molecular complexity index is 485. The summed E-state index contributed by atoms with van der Waals surface area (Å²) in [6.45, 7) is 5.24. The second-order valence-electron chi connectivity index (χ2n) is 5.52. The molecule has 1 aromatic carbocycles. The molecule has 2 amide bonds. The molecular formula is C15H20N2O3. The van der Waals surface area contributed by atoms with Gasteiger partial charge in [0.1, 0.15) is 6.61 Å². The van der Waals surface area contributed by atoms with Gasteiger partial charge in [0.15, 0.2) is 0 Å². The van der Waals surface area contributed by atoms with Crippen molar-refractivity contribution in [2.45, 2.75) is 25.8 Å². The van der Waals surface area contributed by atoms with Crippen LogP contribution in [0.15, 0.2) is 30.3 Å². The fourth-order valence-corrected chi connectivity index (χ4v) is 2.20. The molecule has 0 saturated carbocycles. The van der Waals surface area contributed by atoms with Crippen LogP contribution in [0.3, 0.4) is 0 Å². The topological polar surface area (TPSA) is 58.6 Å². The first-order valence-electron chi connectivity index (χ1n) is 6.74. The predicted molar refractivity (Wildman–Crippen MR) is 75.3 cm³/mol. The number of nitrogens with one attached hydrogen (secondary N) is 1. The van der Waals surface area contributed by atoms with Crippen molar-refractivity contribution < 1.29 is 14.3 Å². The molecule has 1 aliphatic heterocycles. The molecular weight excluding hydrogens is 256 g/mol. The number of rotatable bonds is 5. The van der Waals surface area contributed by atoms with Crippen molar-refractivity contribution in [2.24, 2.45) is 0 Å². The van der Waals surface area contributed by atoms with Crippen molar-refractivity contribution in [1.29, 1.82) is 0 Å². The molecule has 1 aromatic rings. The smallest absolute Gasteiger partial charge is 0.410 e. The highest BCUT2D eigenvalue weighted by atomic mass is 16.6. The lowest BCUT2D eigenvalue weighted by Gasteiger charge is -2.33. The third-order valence-electron chi connectivity index (χ3n) is 3.42. The second-order valence-corrected chi connectivity index (χ2v) is 5.52. The van der Waals surface area contributed by atoms with Crippen molar-refractivity contribution in [3.63, 3.8) is 0 Å². The maximum absolute atomic E-state index is 11.9. The number of carbonyl (C=O) groups is 2. The molecule has 1 N–H and O–H groups in total. The van der Waals surface area contributed by atoms with Crippen molar-refractivity contribution in [3.8, 4) is 0 Å². The summed E-state index contributed by atoms with van der Waals surface area (Å²) in [5, 5.41) is 2.88. The van der Waals surface area contributed by atoms with Crippen LogP contribution in [0.2, 0.25) is 0 Å². The van der Waals surface area contributed by atoms with Gasteiger partial charge in [-0.3, -0.25) is 9.69 Å². The van der Waals surface area contributed by atoms with Gasteiger partial charge in [-0.05, 0) is 19.4 Å². The molecule has 1 fully saturated rings.